The molecule has 0 saturated heterocycles. The first-order valence-corrected chi connectivity index (χ1v) is 7.42. The Hall–Kier alpha value is -1.17. The first-order valence-electron chi connectivity index (χ1n) is 6.60. The van der Waals surface area contributed by atoms with Crippen LogP contribution in [0, 0.1) is 13.8 Å². The minimum Gasteiger partial charge on any atom is -0.272 e. The summed E-state index contributed by atoms with van der Waals surface area (Å²) in [6.45, 7) is 6.31. The van der Waals surface area contributed by atoms with Gasteiger partial charge in [0, 0.05) is 34.5 Å². The van der Waals surface area contributed by atoms with Crippen molar-refractivity contribution in [1.29, 1.82) is 0 Å². The molecule has 2 aromatic rings. The SMILES string of the molecule is CCc1ccc(CC(NN)c2c(C)nn(C)c2C)s1. The van der Waals surface area contributed by atoms with Gasteiger partial charge in [-0.3, -0.25) is 16.0 Å². The molecule has 0 saturated carbocycles. The van der Waals surface area contributed by atoms with E-state index in [9.17, 15) is 0 Å². The molecular weight excluding hydrogens is 256 g/mol. The van der Waals surface area contributed by atoms with Crippen molar-refractivity contribution in [3.63, 3.8) is 0 Å². The van der Waals surface area contributed by atoms with Crippen molar-refractivity contribution in [3.05, 3.63) is 38.8 Å². The first-order chi connectivity index (χ1) is 9.06. The van der Waals surface area contributed by atoms with E-state index in [1.54, 1.807) is 0 Å². The second-order valence-corrected chi connectivity index (χ2v) is 6.11. The lowest BCUT2D eigenvalue weighted by Crippen LogP contribution is -2.30. The van der Waals surface area contributed by atoms with E-state index in [1.165, 1.54) is 21.0 Å². The summed E-state index contributed by atoms with van der Waals surface area (Å²) < 4.78 is 1.92. The van der Waals surface area contributed by atoms with E-state index in [-0.39, 0.29) is 6.04 Å². The second-order valence-electron chi connectivity index (χ2n) is 4.85. The number of nitrogens with one attached hydrogen (secondary N) is 1. The largest absolute Gasteiger partial charge is 0.272 e. The van der Waals surface area contributed by atoms with Gasteiger partial charge in [-0.05, 0) is 32.4 Å². The molecule has 0 aliphatic heterocycles. The molecular formula is C14H22N4S. The Balaban J connectivity index is 2.24. The van der Waals surface area contributed by atoms with Crippen LogP contribution in [-0.4, -0.2) is 9.78 Å². The van der Waals surface area contributed by atoms with Gasteiger partial charge in [-0.25, -0.2) is 0 Å². The summed E-state index contributed by atoms with van der Waals surface area (Å²) in [5.74, 6) is 5.76. The average Bonchev–Trinajstić information content (AvgIpc) is 2.93. The Bertz CT molecular complexity index is 556. The summed E-state index contributed by atoms with van der Waals surface area (Å²) in [6.07, 6.45) is 2.00. The zero-order valence-electron chi connectivity index (χ0n) is 12.0. The molecule has 4 nitrogen and oxygen atoms in total. The molecule has 2 heterocycles. The number of thiophene rings is 1. The van der Waals surface area contributed by atoms with Gasteiger partial charge in [-0.15, -0.1) is 11.3 Å². The summed E-state index contributed by atoms with van der Waals surface area (Å²) in [4.78, 5) is 2.79. The van der Waals surface area contributed by atoms with Crippen LogP contribution in [0.3, 0.4) is 0 Å². The second kappa shape index (κ2) is 5.86. The Labute approximate surface area is 118 Å². The maximum Gasteiger partial charge on any atom is 0.0644 e. The molecule has 104 valence electrons. The van der Waals surface area contributed by atoms with E-state index >= 15 is 0 Å². The smallest absolute Gasteiger partial charge is 0.0644 e. The molecule has 0 spiro atoms. The van der Waals surface area contributed by atoms with E-state index in [1.807, 2.05) is 30.0 Å². The highest BCUT2D eigenvalue weighted by molar-refractivity contribution is 7.11. The number of aryl methyl sites for hydroxylation is 3. The number of nitrogens with two attached hydrogens (primary N) is 1. The van der Waals surface area contributed by atoms with Crippen molar-refractivity contribution in [3.8, 4) is 0 Å². The van der Waals surface area contributed by atoms with Gasteiger partial charge < -0.3 is 0 Å². The predicted molar refractivity (Wildman–Crippen MR) is 80.1 cm³/mol. The average molecular weight is 278 g/mol. The Morgan fingerprint density at radius 1 is 1.37 bits per heavy atom. The lowest BCUT2D eigenvalue weighted by molar-refractivity contribution is 0.549. The number of hydrogen-bond acceptors (Lipinski definition) is 4. The van der Waals surface area contributed by atoms with E-state index in [2.05, 4.69) is 36.5 Å². The molecule has 1 atom stereocenters. The van der Waals surface area contributed by atoms with Gasteiger partial charge in [0.15, 0.2) is 0 Å². The lowest BCUT2D eigenvalue weighted by Gasteiger charge is -2.16. The molecule has 0 fully saturated rings. The van der Waals surface area contributed by atoms with Gasteiger partial charge in [0.25, 0.3) is 0 Å². The molecule has 0 amide bonds. The molecule has 2 rings (SSSR count). The predicted octanol–water partition coefficient (Wildman–Crippen LogP) is 2.41. The fourth-order valence-electron chi connectivity index (χ4n) is 2.46. The molecule has 0 aromatic carbocycles. The number of nitrogens with zero attached hydrogens (tertiary/aromatic N) is 2. The van der Waals surface area contributed by atoms with Crippen molar-refractivity contribution in [2.45, 2.75) is 39.7 Å². The van der Waals surface area contributed by atoms with Crippen LogP contribution in [0.2, 0.25) is 0 Å². The van der Waals surface area contributed by atoms with Gasteiger partial charge in [-0.1, -0.05) is 6.92 Å². The topological polar surface area (TPSA) is 55.9 Å². The summed E-state index contributed by atoms with van der Waals surface area (Å²) in [5, 5.41) is 4.47. The zero-order valence-corrected chi connectivity index (χ0v) is 12.8. The summed E-state index contributed by atoms with van der Waals surface area (Å²) in [6, 6.07) is 4.53. The van der Waals surface area contributed by atoms with E-state index in [4.69, 9.17) is 5.84 Å². The Morgan fingerprint density at radius 2 is 2.05 bits per heavy atom. The molecule has 0 bridgehead atoms. The van der Waals surface area contributed by atoms with Crippen LogP contribution in [0.5, 0.6) is 0 Å². The monoisotopic (exact) mass is 278 g/mol. The molecule has 2 aromatic heterocycles. The molecule has 0 aliphatic carbocycles. The third-order valence-electron chi connectivity index (χ3n) is 3.59. The van der Waals surface area contributed by atoms with Crippen LogP contribution in [0.1, 0.15) is 39.7 Å². The summed E-state index contributed by atoms with van der Waals surface area (Å²) in [5.41, 5.74) is 6.39. The van der Waals surface area contributed by atoms with Crippen LogP contribution in [-0.2, 0) is 19.9 Å². The van der Waals surface area contributed by atoms with Gasteiger partial charge in [0.2, 0.25) is 0 Å². The maximum absolute atomic E-state index is 5.76. The van der Waals surface area contributed by atoms with Gasteiger partial charge in [0.1, 0.15) is 0 Å². The van der Waals surface area contributed by atoms with Crippen molar-refractivity contribution in [2.24, 2.45) is 12.9 Å². The number of hydrogen-bond donors (Lipinski definition) is 2. The van der Waals surface area contributed by atoms with Crippen LogP contribution in [0.25, 0.3) is 0 Å². The summed E-state index contributed by atoms with van der Waals surface area (Å²) in [7, 11) is 1.97. The summed E-state index contributed by atoms with van der Waals surface area (Å²) >= 11 is 1.87. The highest BCUT2D eigenvalue weighted by Gasteiger charge is 2.20. The van der Waals surface area contributed by atoms with Gasteiger partial charge in [-0.2, -0.15) is 5.10 Å². The van der Waals surface area contributed by atoms with E-state index < -0.39 is 0 Å². The van der Waals surface area contributed by atoms with Crippen molar-refractivity contribution < 1.29 is 0 Å². The highest BCUT2D eigenvalue weighted by Crippen LogP contribution is 2.27. The molecule has 5 heteroatoms. The first kappa shape index (κ1) is 14.2. The molecule has 1 unspecified atom stereocenters. The number of aromatic nitrogens is 2. The van der Waals surface area contributed by atoms with Crippen LogP contribution in [0.15, 0.2) is 12.1 Å². The van der Waals surface area contributed by atoms with Crippen LogP contribution >= 0.6 is 11.3 Å². The number of hydrazine groups is 1. The fraction of sp³-hybridized carbons (Fsp3) is 0.500. The van der Waals surface area contributed by atoms with E-state index in [0.29, 0.717) is 0 Å². The van der Waals surface area contributed by atoms with Crippen molar-refractivity contribution in [2.75, 3.05) is 0 Å². The van der Waals surface area contributed by atoms with Gasteiger partial charge >= 0.3 is 0 Å². The zero-order chi connectivity index (χ0) is 14.0. The minimum absolute atomic E-state index is 0.122. The van der Waals surface area contributed by atoms with Crippen molar-refractivity contribution in [1.82, 2.24) is 15.2 Å². The minimum atomic E-state index is 0.122. The molecule has 3 N–H and O–H groups in total. The normalized spacial score (nSPS) is 12.9. The van der Waals surface area contributed by atoms with E-state index in [0.717, 1.165) is 18.5 Å². The Kier molecular flexibility index (Phi) is 4.39. The highest BCUT2D eigenvalue weighted by atomic mass is 32.1. The molecule has 0 radical (unpaired) electrons. The lowest BCUT2D eigenvalue weighted by atomic mass is 10.0. The van der Waals surface area contributed by atoms with Crippen LogP contribution in [0.4, 0.5) is 0 Å². The number of rotatable bonds is 5. The fourth-order valence-corrected chi connectivity index (χ4v) is 3.47. The maximum atomic E-state index is 5.76. The third-order valence-corrected chi connectivity index (χ3v) is 4.84. The van der Waals surface area contributed by atoms with Crippen LogP contribution < -0.4 is 11.3 Å². The Morgan fingerprint density at radius 3 is 2.53 bits per heavy atom. The third kappa shape index (κ3) is 2.88. The van der Waals surface area contributed by atoms with Gasteiger partial charge in [0.05, 0.1) is 11.7 Å². The standard InChI is InChI=1S/C14H22N4S/c1-5-11-6-7-12(19-11)8-13(16-15)14-9(2)17-18(4)10(14)3/h6-7,13,16H,5,8,15H2,1-4H3. The molecule has 19 heavy (non-hydrogen) atoms. The quantitative estimate of drug-likeness (QED) is 0.652. The molecule has 0 aliphatic rings. The van der Waals surface area contributed by atoms with Crippen molar-refractivity contribution >= 4 is 11.3 Å².